The maximum Gasteiger partial charge on any atom is 0.254 e. The minimum atomic E-state index is -0.271. The van der Waals surface area contributed by atoms with E-state index in [1.165, 1.54) is 17.7 Å². The fourth-order valence-electron chi connectivity index (χ4n) is 5.54. The third-order valence-corrected chi connectivity index (χ3v) is 9.40. The molecule has 4 aliphatic rings. The summed E-state index contributed by atoms with van der Waals surface area (Å²) >= 11 is 1.56. The number of nitrogens with one attached hydrogen (secondary N) is 3. The number of aryl methyl sites for hydroxylation is 1. The number of anilines is 2. The Hall–Kier alpha value is -2.95. The first-order chi connectivity index (χ1) is 17.8. The van der Waals surface area contributed by atoms with Crippen LogP contribution in [0.4, 0.5) is 10.9 Å². The lowest BCUT2D eigenvalue weighted by Gasteiger charge is -2.29. The van der Waals surface area contributed by atoms with E-state index in [4.69, 9.17) is 0 Å². The van der Waals surface area contributed by atoms with Crippen molar-refractivity contribution in [3.05, 3.63) is 22.3 Å². The molecule has 3 amide bonds. The van der Waals surface area contributed by atoms with Gasteiger partial charge in [-0.15, -0.1) is 21.5 Å². The van der Waals surface area contributed by atoms with E-state index >= 15 is 0 Å². The van der Waals surface area contributed by atoms with Gasteiger partial charge in [0, 0.05) is 43.4 Å². The maximum atomic E-state index is 13.4. The third kappa shape index (κ3) is 5.43. The number of hydrogen-bond donors (Lipinski definition) is 3. The fourth-order valence-corrected chi connectivity index (χ4v) is 6.78. The van der Waals surface area contributed by atoms with Gasteiger partial charge in [-0.1, -0.05) is 7.43 Å². The molecule has 2 atom stereocenters. The van der Waals surface area contributed by atoms with E-state index in [2.05, 4.69) is 37.6 Å². The lowest BCUT2D eigenvalue weighted by molar-refractivity contribution is -0.127. The largest absolute Gasteiger partial charge is 0.352 e. The Bertz CT molecular complexity index is 1230. The van der Waals surface area contributed by atoms with Crippen LogP contribution in [0.25, 0.3) is 0 Å². The summed E-state index contributed by atoms with van der Waals surface area (Å²) in [7, 11) is 0. The van der Waals surface area contributed by atoms with E-state index in [0.717, 1.165) is 44.2 Å². The van der Waals surface area contributed by atoms with Crippen molar-refractivity contribution in [3.63, 3.8) is 0 Å². The Morgan fingerprint density at radius 1 is 1.18 bits per heavy atom. The number of fused-ring (bicyclic) bond motifs is 1. The lowest BCUT2D eigenvalue weighted by atomic mass is 9.91. The summed E-state index contributed by atoms with van der Waals surface area (Å²) in [6.07, 6.45) is 9.20. The van der Waals surface area contributed by atoms with E-state index in [0.29, 0.717) is 41.9 Å². The van der Waals surface area contributed by atoms with E-state index in [1.807, 2.05) is 4.90 Å². The summed E-state index contributed by atoms with van der Waals surface area (Å²) in [6.45, 7) is 5.77. The monoisotopic (exact) mass is 541 g/mol. The van der Waals surface area contributed by atoms with Crippen molar-refractivity contribution in [1.29, 1.82) is 0 Å². The summed E-state index contributed by atoms with van der Waals surface area (Å²) in [5.41, 5.74) is 1.41. The molecule has 3 heterocycles. The van der Waals surface area contributed by atoms with Gasteiger partial charge in [0.15, 0.2) is 0 Å². The van der Waals surface area contributed by atoms with E-state index in [1.54, 1.807) is 24.6 Å². The number of carbonyl (C=O) groups excluding carboxylic acids is 3. The molecule has 3 fully saturated rings. The molecule has 2 aromatic heterocycles. The molecule has 206 valence electrons. The van der Waals surface area contributed by atoms with Crippen LogP contribution in [0.5, 0.6) is 0 Å². The molecule has 1 saturated heterocycles. The predicted molar refractivity (Wildman–Crippen MR) is 147 cm³/mol. The highest BCUT2D eigenvalue weighted by atomic mass is 32.1. The number of nitrogens with zero attached hydrogens (tertiary/aromatic N) is 4. The second-order valence-electron chi connectivity index (χ2n) is 11.5. The van der Waals surface area contributed by atoms with Gasteiger partial charge in [0.2, 0.25) is 17.8 Å². The van der Waals surface area contributed by atoms with Crippen molar-refractivity contribution in [3.8, 4) is 0 Å². The zero-order valence-corrected chi connectivity index (χ0v) is 22.3. The average Bonchev–Trinajstić information content (AvgIpc) is 3.77. The summed E-state index contributed by atoms with van der Waals surface area (Å²) in [6, 6.07) is 0.0930. The molecule has 6 rings (SSSR count). The van der Waals surface area contributed by atoms with Gasteiger partial charge in [0.1, 0.15) is 11.3 Å². The molecule has 2 aromatic rings. The molecule has 0 aromatic carbocycles. The highest BCUT2D eigenvalue weighted by Crippen LogP contribution is 2.43. The second kappa shape index (κ2) is 10.3. The normalized spacial score (nSPS) is 24.4. The molecule has 0 spiro atoms. The first-order valence-corrected chi connectivity index (χ1v) is 14.3. The Morgan fingerprint density at radius 3 is 2.66 bits per heavy atom. The van der Waals surface area contributed by atoms with Crippen molar-refractivity contribution in [1.82, 2.24) is 25.0 Å². The number of thiophene rings is 1. The minimum absolute atomic E-state index is 0. The minimum Gasteiger partial charge on any atom is -0.352 e. The van der Waals surface area contributed by atoms with E-state index in [-0.39, 0.29) is 42.6 Å². The number of likely N-dealkylation sites (tertiary alicyclic amines) is 1. The number of carbonyl (C=O) groups is 3. The fraction of sp³-hybridized carbons (Fsp3) is 0.667. The second-order valence-corrected chi connectivity index (χ2v) is 12.6. The SMILES string of the molecule is C.CC(=O)N1CC[C@](C)(Nc2nncn2[C@H]2CCc3sc(NC(=O)C4CC4)c(C(=O)NCC4CC4)c3C2)C1. The van der Waals surface area contributed by atoms with Gasteiger partial charge in [-0.05, 0) is 69.8 Å². The van der Waals surface area contributed by atoms with Gasteiger partial charge in [0.05, 0.1) is 11.1 Å². The molecule has 1 aliphatic heterocycles. The third-order valence-electron chi connectivity index (χ3n) is 8.19. The van der Waals surface area contributed by atoms with E-state index in [9.17, 15) is 14.4 Å². The van der Waals surface area contributed by atoms with Gasteiger partial charge < -0.3 is 20.9 Å². The summed E-state index contributed by atoms with van der Waals surface area (Å²) in [5.74, 6) is 1.38. The highest BCUT2D eigenvalue weighted by Gasteiger charge is 2.38. The molecule has 11 heteroatoms. The first kappa shape index (κ1) is 26.6. The van der Waals surface area contributed by atoms with Crippen molar-refractivity contribution < 1.29 is 14.4 Å². The zero-order valence-electron chi connectivity index (χ0n) is 21.5. The van der Waals surface area contributed by atoms with Gasteiger partial charge in [-0.3, -0.25) is 19.0 Å². The Balaban J connectivity index is 0.00000294. The molecule has 0 radical (unpaired) electrons. The van der Waals surface area contributed by atoms with Crippen LogP contribution in [0.1, 0.15) is 86.6 Å². The summed E-state index contributed by atoms with van der Waals surface area (Å²) in [4.78, 5) is 40.9. The molecule has 3 N–H and O–H groups in total. The van der Waals surface area contributed by atoms with E-state index < -0.39 is 0 Å². The molecule has 10 nitrogen and oxygen atoms in total. The Labute approximate surface area is 227 Å². The molecular weight excluding hydrogens is 502 g/mol. The smallest absolute Gasteiger partial charge is 0.254 e. The van der Waals surface area contributed by atoms with Gasteiger partial charge in [0.25, 0.3) is 5.91 Å². The average molecular weight is 542 g/mol. The molecule has 0 bridgehead atoms. The van der Waals surface area contributed by atoms with Crippen molar-refractivity contribution in [2.24, 2.45) is 11.8 Å². The van der Waals surface area contributed by atoms with Gasteiger partial charge in [-0.2, -0.15) is 0 Å². The number of rotatable bonds is 8. The standard InChI is InChI=1S/C26H35N7O3S.CH4/c1-15(34)32-10-9-26(2,13-32)30-25-31-28-14-33(25)18-7-8-20-19(11-18)21(23(36)27-12-16-3-4-16)24(37-20)29-22(35)17-5-6-17;/h14,16-18H,3-13H2,1-2H3,(H,27,36)(H,29,35)(H,30,31);1H4/t18-,26-;/m0./s1. The van der Waals surface area contributed by atoms with Crippen molar-refractivity contribution >= 4 is 40.0 Å². The lowest BCUT2D eigenvalue weighted by Crippen LogP contribution is -2.40. The van der Waals surface area contributed by atoms with Gasteiger partial charge >= 0.3 is 0 Å². The molecule has 38 heavy (non-hydrogen) atoms. The maximum absolute atomic E-state index is 13.4. The number of hydrogen-bond acceptors (Lipinski definition) is 7. The van der Waals surface area contributed by atoms with Crippen LogP contribution in [0.15, 0.2) is 6.33 Å². The van der Waals surface area contributed by atoms with Crippen LogP contribution in [-0.2, 0) is 22.4 Å². The zero-order chi connectivity index (χ0) is 25.7. The highest BCUT2D eigenvalue weighted by molar-refractivity contribution is 7.17. The van der Waals surface area contributed by atoms with Crippen LogP contribution < -0.4 is 16.0 Å². The quantitative estimate of drug-likeness (QED) is 0.469. The van der Waals surface area contributed by atoms with Crippen LogP contribution in [0, 0.1) is 11.8 Å². The summed E-state index contributed by atoms with van der Waals surface area (Å²) < 4.78 is 2.08. The van der Waals surface area contributed by atoms with Crippen LogP contribution in [0.2, 0.25) is 0 Å². The molecular formula is C27H39N7O3S. The van der Waals surface area contributed by atoms with Crippen molar-refractivity contribution in [2.75, 3.05) is 30.3 Å². The first-order valence-electron chi connectivity index (χ1n) is 13.5. The van der Waals surface area contributed by atoms with Crippen molar-refractivity contribution in [2.45, 2.75) is 84.2 Å². The topological polar surface area (TPSA) is 121 Å². The summed E-state index contributed by atoms with van der Waals surface area (Å²) in [5, 5.41) is 19.0. The molecule has 3 aliphatic carbocycles. The molecule has 0 unspecified atom stereocenters. The van der Waals surface area contributed by atoms with Gasteiger partial charge in [-0.25, -0.2) is 0 Å². The number of amides is 3. The number of aromatic nitrogens is 3. The Morgan fingerprint density at radius 2 is 1.97 bits per heavy atom. The Kier molecular flexibility index (Phi) is 7.23. The van der Waals surface area contributed by atoms with Crippen LogP contribution >= 0.6 is 11.3 Å². The van der Waals surface area contributed by atoms with Crippen LogP contribution in [-0.4, -0.2) is 62.6 Å². The van der Waals surface area contributed by atoms with Crippen LogP contribution in [0.3, 0.4) is 0 Å². The predicted octanol–water partition coefficient (Wildman–Crippen LogP) is 3.62. The molecule has 2 saturated carbocycles.